The topological polar surface area (TPSA) is 22.1 Å². The number of thiophene rings is 1. The molecule has 0 fully saturated rings. The van der Waals surface area contributed by atoms with Gasteiger partial charge in [0, 0.05) is 33.6 Å². The van der Waals surface area contributed by atoms with Crippen LogP contribution in [0.25, 0.3) is 21.2 Å². The molecule has 0 aliphatic carbocycles. The summed E-state index contributed by atoms with van der Waals surface area (Å²) in [5.74, 6) is 0.953. The molecule has 0 saturated carbocycles. The molecule has 0 amide bonds. The zero-order valence-electron chi connectivity index (χ0n) is 11.2. The maximum Gasteiger partial charge on any atom is 0.120 e. The number of nitrogens with zero attached hydrogens (tertiary/aromatic N) is 1. The van der Waals surface area contributed by atoms with Crippen LogP contribution in [-0.2, 0) is 0 Å². The van der Waals surface area contributed by atoms with Crippen molar-refractivity contribution < 1.29 is 4.74 Å². The number of ether oxygens (including phenoxy) is 1. The predicted octanol–water partition coefficient (Wildman–Crippen LogP) is 5.17. The minimum absolute atomic E-state index is 0. The van der Waals surface area contributed by atoms with Crippen LogP contribution in [-0.4, -0.2) is 11.6 Å². The van der Waals surface area contributed by atoms with E-state index in [9.17, 15) is 0 Å². The van der Waals surface area contributed by atoms with Crippen molar-refractivity contribution in [1.29, 1.82) is 0 Å². The van der Waals surface area contributed by atoms with E-state index < -0.39 is 0 Å². The minimum atomic E-state index is 0. The van der Waals surface area contributed by atoms with E-state index in [4.69, 9.17) is 4.74 Å². The van der Waals surface area contributed by atoms with Gasteiger partial charge in [-0.1, -0.05) is 13.0 Å². The van der Waals surface area contributed by atoms with Crippen LogP contribution in [0.2, 0.25) is 0 Å². The average Bonchev–Trinajstić information content (AvgIpc) is 2.89. The van der Waals surface area contributed by atoms with Crippen LogP contribution in [0.1, 0.15) is 13.3 Å². The molecule has 0 radical (unpaired) electrons. The van der Waals surface area contributed by atoms with Crippen LogP contribution >= 0.6 is 23.7 Å². The smallest absolute Gasteiger partial charge is 0.120 e. The molecule has 3 aromatic rings. The van der Waals surface area contributed by atoms with E-state index in [2.05, 4.69) is 35.5 Å². The second-order valence-electron chi connectivity index (χ2n) is 4.40. The summed E-state index contributed by atoms with van der Waals surface area (Å²) in [4.78, 5) is 4.19. The molecular formula is C16H16ClNOS. The predicted molar refractivity (Wildman–Crippen MR) is 88.1 cm³/mol. The van der Waals surface area contributed by atoms with Crippen molar-refractivity contribution in [3.8, 4) is 16.9 Å². The van der Waals surface area contributed by atoms with Gasteiger partial charge in [-0.15, -0.1) is 23.7 Å². The summed E-state index contributed by atoms with van der Waals surface area (Å²) in [5.41, 5.74) is 2.41. The van der Waals surface area contributed by atoms with Crippen molar-refractivity contribution in [3.63, 3.8) is 0 Å². The second-order valence-corrected chi connectivity index (χ2v) is 5.31. The number of hydrogen-bond donors (Lipinski definition) is 0. The SMILES string of the molecule is CCCOc1ccc2c(-c3cccnc3)csc2c1.Cl. The summed E-state index contributed by atoms with van der Waals surface area (Å²) >= 11 is 1.75. The van der Waals surface area contributed by atoms with Crippen LogP contribution in [0.3, 0.4) is 0 Å². The minimum Gasteiger partial charge on any atom is -0.494 e. The van der Waals surface area contributed by atoms with Gasteiger partial charge in [0.05, 0.1) is 6.61 Å². The highest BCUT2D eigenvalue weighted by atomic mass is 35.5. The molecular weight excluding hydrogens is 290 g/mol. The molecule has 0 aliphatic heterocycles. The Morgan fingerprint density at radius 1 is 1.25 bits per heavy atom. The molecule has 2 heterocycles. The standard InChI is InChI=1S/C16H15NOS.ClH/c1-2-8-18-13-5-6-14-15(11-19-16(14)9-13)12-4-3-7-17-10-12;/h3-7,9-11H,2,8H2,1H3;1H. The molecule has 0 N–H and O–H groups in total. The van der Waals surface area contributed by atoms with Crippen LogP contribution in [0.5, 0.6) is 5.75 Å². The lowest BCUT2D eigenvalue weighted by Gasteiger charge is -2.04. The van der Waals surface area contributed by atoms with Crippen LogP contribution in [0.4, 0.5) is 0 Å². The van der Waals surface area contributed by atoms with E-state index in [-0.39, 0.29) is 12.4 Å². The van der Waals surface area contributed by atoms with Crippen molar-refractivity contribution in [2.45, 2.75) is 13.3 Å². The van der Waals surface area contributed by atoms with Gasteiger partial charge in [0.25, 0.3) is 0 Å². The Hall–Kier alpha value is -1.58. The molecule has 0 atom stereocenters. The normalized spacial score (nSPS) is 10.2. The number of pyridine rings is 1. The van der Waals surface area contributed by atoms with E-state index in [1.807, 2.05) is 18.3 Å². The first-order valence-corrected chi connectivity index (χ1v) is 7.31. The molecule has 2 nitrogen and oxygen atoms in total. The lowest BCUT2D eigenvalue weighted by molar-refractivity contribution is 0.318. The highest BCUT2D eigenvalue weighted by Crippen LogP contribution is 2.35. The zero-order valence-corrected chi connectivity index (χ0v) is 12.8. The van der Waals surface area contributed by atoms with Crippen molar-refractivity contribution >= 4 is 33.8 Å². The number of halogens is 1. The Morgan fingerprint density at radius 2 is 2.15 bits per heavy atom. The first-order chi connectivity index (χ1) is 9.38. The lowest BCUT2D eigenvalue weighted by Crippen LogP contribution is -1.94. The largest absolute Gasteiger partial charge is 0.494 e. The fourth-order valence-corrected chi connectivity index (χ4v) is 3.06. The summed E-state index contributed by atoms with van der Waals surface area (Å²) in [6, 6.07) is 10.4. The number of fused-ring (bicyclic) bond motifs is 1. The second kappa shape index (κ2) is 6.73. The summed E-state index contributed by atoms with van der Waals surface area (Å²) < 4.78 is 6.93. The third-order valence-electron chi connectivity index (χ3n) is 2.99. The van der Waals surface area contributed by atoms with Gasteiger partial charge in [0.2, 0.25) is 0 Å². The van der Waals surface area contributed by atoms with Crippen molar-refractivity contribution in [3.05, 3.63) is 48.1 Å². The van der Waals surface area contributed by atoms with E-state index in [1.165, 1.54) is 15.6 Å². The third kappa shape index (κ3) is 2.94. The van der Waals surface area contributed by atoms with E-state index in [0.29, 0.717) is 0 Å². The monoisotopic (exact) mass is 305 g/mol. The third-order valence-corrected chi connectivity index (χ3v) is 3.94. The van der Waals surface area contributed by atoms with Gasteiger partial charge in [-0.05, 0) is 36.1 Å². The van der Waals surface area contributed by atoms with E-state index >= 15 is 0 Å². The maximum absolute atomic E-state index is 5.67. The van der Waals surface area contributed by atoms with Gasteiger partial charge in [0.15, 0.2) is 0 Å². The Balaban J connectivity index is 0.00000147. The highest BCUT2D eigenvalue weighted by molar-refractivity contribution is 7.17. The van der Waals surface area contributed by atoms with E-state index in [1.54, 1.807) is 17.5 Å². The van der Waals surface area contributed by atoms with Gasteiger partial charge < -0.3 is 4.74 Å². The Kier molecular flexibility index (Phi) is 4.99. The fourth-order valence-electron chi connectivity index (χ4n) is 2.06. The maximum atomic E-state index is 5.67. The molecule has 0 aliphatic rings. The van der Waals surface area contributed by atoms with Gasteiger partial charge in [-0.2, -0.15) is 0 Å². The number of benzene rings is 1. The number of aromatic nitrogens is 1. The number of hydrogen-bond acceptors (Lipinski definition) is 3. The van der Waals surface area contributed by atoms with Gasteiger partial charge in [0.1, 0.15) is 5.75 Å². The molecule has 20 heavy (non-hydrogen) atoms. The van der Waals surface area contributed by atoms with Crippen molar-refractivity contribution in [2.24, 2.45) is 0 Å². The van der Waals surface area contributed by atoms with Gasteiger partial charge in [-0.25, -0.2) is 0 Å². The molecule has 0 unspecified atom stereocenters. The Morgan fingerprint density at radius 3 is 2.90 bits per heavy atom. The van der Waals surface area contributed by atoms with Crippen molar-refractivity contribution in [2.75, 3.05) is 6.61 Å². The molecule has 3 rings (SSSR count). The molecule has 1 aromatic carbocycles. The average molecular weight is 306 g/mol. The summed E-state index contributed by atoms with van der Waals surface area (Å²) in [5, 5.41) is 3.45. The van der Waals surface area contributed by atoms with Crippen LogP contribution < -0.4 is 4.74 Å². The highest BCUT2D eigenvalue weighted by Gasteiger charge is 2.07. The molecule has 4 heteroatoms. The molecule has 104 valence electrons. The lowest BCUT2D eigenvalue weighted by atomic mass is 10.1. The molecule has 2 aromatic heterocycles. The van der Waals surface area contributed by atoms with Gasteiger partial charge in [-0.3, -0.25) is 4.98 Å². The molecule has 0 spiro atoms. The molecule has 0 bridgehead atoms. The van der Waals surface area contributed by atoms with Crippen LogP contribution in [0, 0.1) is 0 Å². The zero-order chi connectivity index (χ0) is 13.1. The Bertz CT molecular complexity index is 681. The number of rotatable bonds is 4. The van der Waals surface area contributed by atoms with E-state index in [0.717, 1.165) is 24.3 Å². The summed E-state index contributed by atoms with van der Waals surface area (Å²) in [6.07, 6.45) is 4.74. The molecule has 0 saturated heterocycles. The van der Waals surface area contributed by atoms with Gasteiger partial charge >= 0.3 is 0 Å². The van der Waals surface area contributed by atoms with Crippen LogP contribution in [0.15, 0.2) is 48.1 Å². The first-order valence-electron chi connectivity index (χ1n) is 6.43. The summed E-state index contributed by atoms with van der Waals surface area (Å²) in [6.45, 7) is 2.89. The first kappa shape index (κ1) is 14.8. The Labute approximate surface area is 128 Å². The summed E-state index contributed by atoms with van der Waals surface area (Å²) in [7, 11) is 0. The fraction of sp³-hybridized carbons (Fsp3) is 0.188. The van der Waals surface area contributed by atoms with Crippen molar-refractivity contribution in [1.82, 2.24) is 4.98 Å². The quantitative estimate of drug-likeness (QED) is 0.663.